The molecule has 0 saturated carbocycles. The van der Waals surface area contributed by atoms with E-state index < -0.39 is 17.4 Å². The van der Waals surface area contributed by atoms with Crippen LogP contribution in [0.2, 0.25) is 0 Å². The molecule has 2 aliphatic heterocycles. The van der Waals surface area contributed by atoms with Crippen LogP contribution in [0.25, 0.3) is 0 Å². The van der Waals surface area contributed by atoms with Gasteiger partial charge < -0.3 is 14.2 Å². The smallest absolute Gasteiger partial charge is 0.231 e. The van der Waals surface area contributed by atoms with Crippen molar-refractivity contribution in [3.05, 3.63) is 52.6 Å². The molecule has 0 spiro atoms. The predicted octanol–water partition coefficient (Wildman–Crippen LogP) is 2.82. The Kier molecular flexibility index (Phi) is 2.42. The van der Waals surface area contributed by atoms with Gasteiger partial charge in [0.15, 0.2) is 28.9 Å². The maximum Gasteiger partial charge on any atom is 0.231 e. The largest absolute Gasteiger partial charge is 0.488 e. The number of rotatable bonds is 0. The van der Waals surface area contributed by atoms with Crippen molar-refractivity contribution < 1.29 is 27.8 Å². The molecule has 0 atom stereocenters. The van der Waals surface area contributed by atoms with E-state index in [0.717, 1.165) is 6.07 Å². The Hall–Kier alpha value is -2.63. The molecule has 0 saturated heterocycles. The molecule has 2 aromatic carbocycles. The summed E-state index contributed by atoms with van der Waals surface area (Å²) in [5.41, 5.74) is 0.244. The van der Waals surface area contributed by atoms with Gasteiger partial charge in [-0.25, -0.2) is 8.78 Å². The van der Waals surface area contributed by atoms with Crippen molar-refractivity contribution in [3.63, 3.8) is 0 Å². The fourth-order valence-electron chi connectivity index (χ4n) is 2.46. The highest BCUT2D eigenvalue weighted by Crippen LogP contribution is 2.41. The lowest BCUT2D eigenvalue weighted by molar-refractivity contribution is 0.103. The predicted molar refractivity (Wildman–Crippen MR) is 66.7 cm³/mol. The number of ketones is 1. The molecule has 2 aliphatic rings. The summed E-state index contributed by atoms with van der Waals surface area (Å²) < 4.78 is 43.0. The molecule has 0 fully saturated rings. The Bertz CT molecular complexity index is 786. The van der Waals surface area contributed by atoms with Crippen molar-refractivity contribution in [2.45, 2.75) is 6.61 Å². The summed E-state index contributed by atoms with van der Waals surface area (Å²) in [6.45, 7) is -0.153. The second kappa shape index (κ2) is 4.18. The van der Waals surface area contributed by atoms with Crippen LogP contribution in [-0.2, 0) is 6.61 Å². The van der Waals surface area contributed by atoms with Crippen LogP contribution in [0.5, 0.6) is 17.2 Å². The number of fused-ring (bicyclic) bond motifs is 3. The number of carbonyl (C=O) groups excluding carboxylic acids is 1. The molecule has 0 aromatic heterocycles. The van der Waals surface area contributed by atoms with Crippen molar-refractivity contribution in [3.8, 4) is 17.2 Å². The normalized spacial score (nSPS) is 15.0. The SMILES string of the molecule is O=C1c2cc3c(cc2OCc2c1ccc(F)c2F)OCO3. The molecule has 0 amide bonds. The minimum absolute atomic E-state index is 0.0723. The van der Waals surface area contributed by atoms with E-state index in [-0.39, 0.29) is 35.8 Å². The number of halogens is 2. The van der Waals surface area contributed by atoms with Crippen LogP contribution in [0, 0.1) is 11.6 Å². The van der Waals surface area contributed by atoms with Gasteiger partial charge in [-0.3, -0.25) is 4.79 Å². The molecule has 0 unspecified atom stereocenters. The molecule has 2 heterocycles. The maximum atomic E-state index is 13.8. The lowest BCUT2D eigenvalue weighted by atomic mass is 9.98. The average Bonchev–Trinajstić information content (AvgIpc) is 2.89. The molecule has 6 heteroatoms. The van der Waals surface area contributed by atoms with Crippen LogP contribution >= 0.6 is 0 Å². The Balaban J connectivity index is 1.91. The number of benzene rings is 2. The fourth-order valence-corrected chi connectivity index (χ4v) is 2.46. The third-order valence-electron chi connectivity index (χ3n) is 3.53. The Morgan fingerprint density at radius 2 is 1.67 bits per heavy atom. The minimum atomic E-state index is -1.06. The van der Waals surface area contributed by atoms with Gasteiger partial charge in [-0.15, -0.1) is 0 Å². The third-order valence-corrected chi connectivity index (χ3v) is 3.53. The first-order chi connectivity index (χ1) is 10.1. The summed E-state index contributed by atoms with van der Waals surface area (Å²) in [6, 6.07) is 5.22. The van der Waals surface area contributed by atoms with Crippen molar-refractivity contribution in [1.29, 1.82) is 0 Å². The molecule has 106 valence electrons. The van der Waals surface area contributed by atoms with Crippen LogP contribution in [0.4, 0.5) is 8.78 Å². The quantitative estimate of drug-likeness (QED) is 0.748. The van der Waals surface area contributed by atoms with E-state index in [1.807, 2.05) is 0 Å². The number of carbonyl (C=O) groups is 1. The first-order valence-electron chi connectivity index (χ1n) is 6.23. The zero-order valence-electron chi connectivity index (χ0n) is 10.6. The minimum Gasteiger partial charge on any atom is -0.488 e. The summed E-state index contributed by atoms with van der Waals surface area (Å²) in [5.74, 6) is -1.36. The highest BCUT2D eigenvalue weighted by molar-refractivity contribution is 6.12. The van der Waals surface area contributed by atoms with E-state index in [1.165, 1.54) is 18.2 Å². The molecule has 4 rings (SSSR count). The van der Waals surface area contributed by atoms with Crippen LogP contribution < -0.4 is 14.2 Å². The molecule has 0 bridgehead atoms. The van der Waals surface area contributed by atoms with Crippen molar-refractivity contribution >= 4 is 5.78 Å². The van der Waals surface area contributed by atoms with E-state index in [4.69, 9.17) is 14.2 Å². The van der Waals surface area contributed by atoms with E-state index in [0.29, 0.717) is 11.5 Å². The van der Waals surface area contributed by atoms with E-state index >= 15 is 0 Å². The van der Waals surface area contributed by atoms with Crippen LogP contribution in [0.15, 0.2) is 24.3 Å². The van der Waals surface area contributed by atoms with Crippen LogP contribution in [0.1, 0.15) is 21.5 Å². The first kappa shape index (κ1) is 12.1. The monoisotopic (exact) mass is 290 g/mol. The highest BCUT2D eigenvalue weighted by atomic mass is 19.2. The molecule has 0 N–H and O–H groups in total. The van der Waals surface area contributed by atoms with Gasteiger partial charge in [-0.1, -0.05) is 0 Å². The van der Waals surface area contributed by atoms with Gasteiger partial charge in [0.05, 0.1) is 5.56 Å². The molecule has 4 nitrogen and oxygen atoms in total. The van der Waals surface area contributed by atoms with Crippen LogP contribution in [-0.4, -0.2) is 12.6 Å². The standard InChI is InChI=1S/C15H8F2O4/c16-10-2-1-7-9(14(10)17)5-19-11-4-13-12(20-6-21-13)3-8(11)15(7)18/h1-4H,5-6H2. The second-order valence-electron chi connectivity index (χ2n) is 4.71. The van der Waals surface area contributed by atoms with Gasteiger partial charge >= 0.3 is 0 Å². The summed E-state index contributed by atoms with van der Waals surface area (Å²) >= 11 is 0. The number of hydrogen-bond acceptors (Lipinski definition) is 4. The van der Waals surface area contributed by atoms with E-state index in [2.05, 4.69) is 0 Å². The van der Waals surface area contributed by atoms with Gasteiger partial charge in [-0.2, -0.15) is 0 Å². The zero-order chi connectivity index (χ0) is 14.6. The second-order valence-corrected chi connectivity index (χ2v) is 4.71. The molecular weight excluding hydrogens is 282 g/mol. The van der Waals surface area contributed by atoms with Crippen molar-refractivity contribution in [1.82, 2.24) is 0 Å². The van der Waals surface area contributed by atoms with Gasteiger partial charge in [0, 0.05) is 17.2 Å². The topological polar surface area (TPSA) is 44.8 Å². The summed E-state index contributed by atoms with van der Waals surface area (Å²) in [6.07, 6.45) is 0. The Morgan fingerprint density at radius 3 is 2.48 bits per heavy atom. The van der Waals surface area contributed by atoms with Crippen molar-refractivity contribution in [2.75, 3.05) is 6.79 Å². The van der Waals surface area contributed by atoms with E-state index in [1.54, 1.807) is 0 Å². The Labute approximate surface area is 117 Å². The molecule has 0 radical (unpaired) electrons. The third kappa shape index (κ3) is 1.68. The summed E-state index contributed by atoms with van der Waals surface area (Å²) in [4.78, 5) is 12.5. The zero-order valence-corrected chi connectivity index (χ0v) is 10.6. The summed E-state index contributed by atoms with van der Waals surface area (Å²) in [5, 5.41) is 0. The first-order valence-corrected chi connectivity index (χ1v) is 6.23. The average molecular weight is 290 g/mol. The highest BCUT2D eigenvalue weighted by Gasteiger charge is 2.29. The van der Waals surface area contributed by atoms with Gasteiger partial charge in [-0.05, 0) is 18.2 Å². The van der Waals surface area contributed by atoms with Gasteiger partial charge in [0.25, 0.3) is 0 Å². The molecule has 2 aromatic rings. The van der Waals surface area contributed by atoms with E-state index in [9.17, 15) is 13.6 Å². The maximum absolute atomic E-state index is 13.8. The lowest BCUT2D eigenvalue weighted by Crippen LogP contribution is -2.06. The number of ether oxygens (including phenoxy) is 3. The molecule has 21 heavy (non-hydrogen) atoms. The van der Waals surface area contributed by atoms with Crippen LogP contribution in [0.3, 0.4) is 0 Å². The number of hydrogen-bond donors (Lipinski definition) is 0. The van der Waals surface area contributed by atoms with Gasteiger partial charge in [0.1, 0.15) is 12.4 Å². The van der Waals surface area contributed by atoms with Gasteiger partial charge in [0.2, 0.25) is 6.79 Å². The lowest BCUT2D eigenvalue weighted by Gasteiger charge is -2.07. The molecular formula is C15H8F2O4. The summed E-state index contributed by atoms with van der Waals surface area (Å²) in [7, 11) is 0. The van der Waals surface area contributed by atoms with Crippen molar-refractivity contribution in [2.24, 2.45) is 0 Å². The fraction of sp³-hybridized carbons (Fsp3) is 0.133. The molecule has 0 aliphatic carbocycles. The Morgan fingerprint density at radius 1 is 0.905 bits per heavy atom.